The molecule has 1 aliphatic heterocycles. The maximum atomic E-state index is 14.4. The third kappa shape index (κ3) is 4.04. The van der Waals surface area contributed by atoms with E-state index < -0.39 is 33.0 Å². The van der Waals surface area contributed by atoms with Gasteiger partial charge in [0.05, 0.1) is 0 Å². The fourth-order valence-electron chi connectivity index (χ4n) is 3.81. The molecule has 0 saturated carbocycles. The Morgan fingerprint density at radius 1 is 1.04 bits per heavy atom. The van der Waals surface area contributed by atoms with E-state index in [1.165, 1.54) is 6.92 Å². The Labute approximate surface area is 166 Å². The molecule has 1 saturated heterocycles. The van der Waals surface area contributed by atoms with E-state index in [4.69, 9.17) is 13.9 Å². The number of carbonyl (C=O) groups excluding carboxylic acids is 1. The minimum atomic E-state index is -2.85. The van der Waals surface area contributed by atoms with Crippen molar-refractivity contribution in [2.45, 2.75) is 57.9 Å². The fraction of sp³-hybridized carbons (Fsp3) is 0.409. The third-order valence-electron chi connectivity index (χ3n) is 5.01. The van der Waals surface area contributed by atoms with E-state index in [1.54, 1.807) is 0 Å². The van der Waals surface area contributed by atoms with Crippen LogP contribution in [0, 0.1) is 0 Å². The van der Waals surface area contributed by atoms with Crippen LogP contribution in [0.2, 0.25) is 5.04 Å². The zero-order chi connectivity index (χ0) is 20.4. The van der Waals surface area contributed by atoms with Gasteiger partial charge in [0.15, 0.2) is 12.5 Å². The van der Waals surface area contributed by atoms with Crippen LogP contribution in [0.25, 0.3) is 0 Å². The first-order chi connectivity index (χ1) is 13.2. The van der Waals surface area contributed by atoms with Crippen LogP contribution in [-0.2, 0) is 18.7 Å². The van der Waals surface area contributed by atoms with Crippen LogP contribution in [0.1, 0.15) is 34.1 Å². The molecule has 0 amide bonds. The average Bonchev–Trinajstić information content (AvgIpc) is 2.98. The first kappa shape index (κ1) is 20.7. The van der Waals surface area contributed by atoms with Gasteiger partial charge in [-0.3, -0.25) is 4.79 Å². The molecule has 1 aliphatic rings. The minimum absolute atomic E-state index is 0.0302. The topological polar surface area (TPSA) is 44.8 Å². The largest absolute Gasteiger partial charge is 0.433 e. The van der Waals surface area contributed by atoms with Gasteiger partial charge in [0.1, 0.15) is 0 Å². The summed E-state index contributed by atoms with van der Waals surface area (Å²) in [6.07, 6.45) is -3.39. The molecule has 1 fully saturated rings. The van der Waals surface area contributed by atoms with Crippen LogP contribution in [0.5, 0.6) is 0 Å². The molecule has 0 aliphatic carbocycles. The number of alkyl halides is 1. The van der Waals surface area contributed by atoms with E-state index >= 15 is 0 Å². The molecule has 28 heavy (non-hydrogen) atoms. The molecule has 0 unspecified atom stereocenters. The zero-order valence-electron chi connectivity index (χ0n) is 16.7. The minimum Gasteiger partial charge on any atom is -0.433 e. The van der Waals surface area contributed by atoms with Crippen molar-refractivity contribution in [3.05, 3.63) is 60.7 Å². The van der Waals surface area contributed by atoms with Crippen LogP contribution < -0.4 is 10.4 Å². The van der Waals surface area contributed by atoms with Crippen molar-refractivity contribution in [1.29, 1.82) is 0 Å². The Morgan fingerprint density at radius 2 is 1.54 bits per heavy atom. The summed E-state index contributed by atoms with van der Waals surface area (Å²) < 4.78 is 31.7. The molecule has 6 heteroatoms. The summed E-state index contributed by atoms with van der Waals surface area (Å²) in [5.41, 5.74) is 0. The molecule has 3 atom stereocenters. The first-order valence-corrected chi connectivity index (χ1v) is 11.4. The van der Waals surface area contributed by atoms with E-state index in [0.29, 0.717) is 0 Å². The Kier molecular flexibility index (Phi) is 6.03. The zero-order valence-corrected chi connectivity index (χ0v) is 17.7. The van der Waals surface area contributed by atoms with Gasteiger partial charge in [0, 0.05) is 13.3 Å². The Morgan fingerprint density at radius 3 is 1.96 bits per heavy atom. The van der Waals surface area contributed by atoms with Crippen molar-refractivity contribution in [2.24, 2.45) is 0 Å². The highest BCUT2D eigenvalue weighted by Crippen LogP contribution is 2.39. The Hall–Kier alpha value is -2.02. The van der Waals surface area contributed by atoms with Crippen molar-refractivity contribution in [2.75, 3.05) is 0 Å². The Bertz CT molecular complexity index is 752. The fourth-order valence-corrected chi connectivity index (χ4v) is 8.38. The van der Waals surface area contributed by atoms with E-state index in [-0.39, 0.29) is 11.5 Å². The normalized spacial score (nSPS) is 22.8. The van der Waals surface area contributed by atoms with Gasteiger partial charge in [-0.2, -0.15) is 0 Å². The van der Waals surface area contributed by atoms with Gasteiger partial charge >= 0.3 is 5.97 Å². The molecule has 0 aromatic heterocycles. The number of hydrogen-bond acceptors (Lipinski definition) is 4. The summed E-state index contributed by atoms with van der Waals surface area (Å²) >= 11 is 0. The van der Waals surface area contributed by atoms with Gasteiger partial charge in [-0.05, 0) is 15.4 Å². The molecule has 0 radical (unpaired) electrons. The highest BCUT2D eigenvalue weighted by Gasteiger charge is 2.53. The summed E-state index contributed by atoms with van der Waals surface area (Å²) in [6, 6.07) is 20.2. The first-order valence-electron chi connectivity index (χ1n) is 9.49. The van der Waals surface area contributed by atoms with Crippen LogP contribution in [0.15, 0.2) is 60.7 Å². The van der Waals surface area contributed by atoms with E-state index in [2.05, 4.69) is 45.0 Å². The van der Waals surface area contributed by atoms with Gasteiger partial charge in [0.25, 0.3) is 8.32 Å². The van der Waals surface area contributed by atoms with Gasteiger partial charge in [-0.15, -0.1) is 0 Å². The molecule has 0 N–H and O–H groups in total. The molecule has 3 rings (SSSR count). The quantitative estimate of drug-likeness (QED) is 0.567. The van der Waals surface area contributed by atoms with Crippen molar-refractivity contribution in [1.82, 2.24) is 0 Å². The van der Waals surface area contributed by atoms with Gasteiger partial charge in [0.2, 0.25) is 6.29 Å². The summed E-state index contributed by atoms with van der Waals surface area (Å²) in [5.74, 6) is -0.571. The van der Waals surface area contributed by atoms with Gasteiger partial charge < -0.3 is 13.9 Å². The number of benzene rings is 2. The lowest BCUT2D eigenvalue weighted by Gasteiger charge is -2.44. The monoisotopic (exact) mass is 402 g/mol. The van der Waals surface area contributed by atoms with Crippen LogP contribution >= 0.6 is 0 Å². The third-order valence-corrected chi connectivity index (χ3v) is 10.0. The molecule has 150 valence electrons. The maximum absolute atomic E-state index is 14.4. The average molecular weight is 403 g/mol. The lowest BCUT2D eigenvalue weighted by Crippen LogP contribution is -2.67. The predicted octanol–water partition coefficient (Wildman–Crippen LogP) is 3.54. The second-order valence-electron chi connectivity index (χ2n) is 8.08. The maximum Gasteiger partial charge on any atom is 0.305 e. The number of carbonyl (C=O) groups is 1. The molecule has 4 nitrogen and oxygen atoms in total. The van der Waals surface area contributed by atoms with Gasteiger partial charge in [-0.1, -0.05) is 81.4 Å². The highest BCUT2D eigenvalue weighted by atomic mass is 28.4. The molecular weight excluding hydrogens is 375 g/mol. The van der Waals surface area contributed by atoms with Gasteiger partial charge in [-0.25, -0.2) is 4.39 Å². The number of hydrogen-bond donors (Lipinski definition) is 0. The van der Waals surface area contributed by atoms with E-state index in [1.807, 2.05) is 36.4 Å². The second kappa shape index (κ2) is 8.15. The lowest BCUT2D eigenvalue weighted by molar-refractivity contribution is -0.197. The Balaban J connectivity index is 2.04. The van der Waals surface area contributed by atoms with Crippen LogP contribution in [-0.4, -0.2) is 33.0 Å². The molecule has 2 aromatic rings. The molecule has 0 spiro atoms. The molecular formula is C22H27FO4Si. The molecule has 2 aromatic carbocycles. The number of rotatable bonds is 5. The summed E-state index contributed by atoms with van der Waals surface area (Å²) in [4.78, 5) is 11.2. The number of esters is 1. The summed E-state index contributed by atoms with van der Waals surface area (Å²) in [6.45, 7) is 7.67. The summed E-state index contributed by atoms with van der Waals surface area (Å²) in [5, 5.41) is 1.93. The summed E-state index contributed by atoms with van der Waals surface area (Å²) in [7, 11) is -2.85. The van der Waals surface area contributed by atoms with Crippen molar-refractivity contribution < 1.29 is 23.1 Å². The van der Waals surface area contributed by atoms with E-state index in [0.717, 1.165) is 10.4 Å². The molecule has 1 heterocycles. The standard InChI is InChI=1S/C22H27FO4Si/c1-16(24)25-21-19(23)15-20(26-21)27-28(22(2,3)4,17-11-7-5-8-12-17)18-13-9-6-10-14-18/h5-14,19-21H,15H2,1-4H3/t19-,20-,21-/m1/s1. The highest BCUT2D eigenvalue weighted by molar-refractivity contribution is 6.99. The number of halogens is 1. The van der Waals surface area contributed by atoms with Crippen molar-refractivity contribution >= 4 is 24.7 Å². The predicted molar refractivity (Wildman–Crippen MR) is 109 cm³/mol. The number of ether oxygens (including phenoxy) is 2. The second-order valence-corrected chi connectivity index (χ2v) is 12.3. The smallest absolute Gasteiger partial charge is 0.305 e. The van der Waals surface area contributed by atoms with Crippen LogP contribution in [0.4, 0.5) is 4.39 Å². The van der Waals surface area contributed by atoms with Crippen LogP contribution in [0.3, 0.4) is 0 Å². The van der Waals surface area contributed by atoms with Crippen molar-refractivity contribution in [3.8, 4) is 0 Å². The lowest BCUT2D eigenvalue weighted by atomic mass is 10.2. The van der Waals surface area contributed by atoms with E-state index in [9.17, 15) is 9.18 Å². The molecule has 0 bridgehead atoms. The van der Waals surface area contributed by atoms with Crippen molar-refractivity contribution in [3.63, 3.8) is 0 Å². The SMILES string of the molecule is CC(=O)O[C@@H]1O[C@H](O[Si](c2ccccc2)(c2ccccc2)C(C)(C)C)C[C@H]1F.